The predicted molar refractivity (Wildman–Crippen MR) is 130 cm³/mol. The van der Waals surface area contributed by atoms with Gasteiger partial charge in [-0.05, 0) is 82.0 Å². The molecule has 3 nitrogen and oxygen atoms in total. The molecule has 1 aliphatic heterocycles. The summed E-state index contributed by atoms with van der Waals surface area (Å²) in [5.74, 6) is 0.883. The Bertz CT molecular complexity index is 454. The van der Waals surface area contributed by atoms with E-state index < -0.39 is 0 Å². The average Bonchev–Trinajstić information content (AvgIpc) is 3.55. The van der Waals surface area contributed by atoms with E-state index in [2.05, 4.69) is 13.8 Å². The lowest BCUT2D eigenvalue weighted by atomic mass is 9.64. The van der Waals surface area contributed by atoms with Gasteiger partial charge in [-0.15, -0.1) is 0 Å². The van der Waals surface area contributed by atoms with Crippen LogP contribution in [0.3, 0.4) is 0 Å². The van der Waals surface area contributed by atoms with Crippen LogP contribution in [0.2, 0.25) is 0 Å². The molecule has 0 aromatic heterocycles. The molecule has 31 heavy (non-hydrogen) atoms. The first kappa shape index (κ1) is 25.5. The second kappa shape index (κ2) is 13.6. The molecule has 2 saturated carbocycles. The maximum Gasteiger partial charge on any atom is 0.0575 e. The fraction of sp³-hybridized carbons (Fsp3) is 1.00. The van der Waals surface area contributed by atoms with Gasteiger partial charge < -0.3 is 14.2 Å². The van der Waals surface area contributed by atoms with Crippen molar-refractivity contribution < 1.29 is 14.2 Å². The first-order valence-corrected chi connectivity index (χ1v) is 14.0. The molecule has 182 valence electrons. The molecule has 1 unspecified atom stereocenters. The molecule has 0 bridgehead atoms. The van der Waals surface area contributed by atoms with Crippen LogP contribution in [0.15, 0.2) is 0 Å². The van der Waals surface area contributed by atoms with Gasteiger partial charge in [0.05, 0.1) is 19.3 Å². The Kier molecular flexibility index (Phi) is 11.2. The van der Waals surface area contributed by atoms with Crippen molar-refractivity contribution in [2.45, 2.75) is 129 Å². The minimum absolute atomic E-state index is 0.507. The quantitative estimate of drug-likeness (QED) is 0.183. The van der Waals surface area contributed by atoms with Crippen molar-refractivity contribution in [2.75, 3.05) is 33.0 Å². The highest BCUT2D eigenvalue weighted by atomic mass is 16.5. The second-order valence-electron chi connectivity index (χ2n) is 11.3. The zero-order valence-electron chi connectivity index (χ0n) is 20.9. The Morgan fingerprint density at radius 1 is 0.806 bits per heavy atom. The van der Waals surface area contributed by atoms with E-state index in [1.807, 2.05) is 0 Å². The summed E-state index contributed by atoms with van der Waals surface area (Å²) in [6.07, 6.45) is 23.3. The summed E-state index contributed by atoms with van der Waals surface area (Å²) < 4.78 is 17.7. The van der Waals surface area contributed by atoms with E-state index in [-0.39, 0.29) is 0 Å². The van der Waals surface area contributed by atoms with Gasteiger partial charge in [-0.3, -0.25) is 0 Å². The SMILES string of the molecule is CCC1(CCCC(CCCCCOCCCCC2(CC)COC2)OCC2CC2)CCC1. The molecule has 0 radical (unpaired) electrons. The third-order valence-corrected chi connectivity index (χ3v) is 8.79. The molecule has 0 N–H and O–H groups in total. The van der Waals surface area contributed by atoms with E-state index in [4.69, 9.17) is 14.2 Å². The van der Waals surface area contributed by atoms with Gasteiger partial charge in [0.1, 0.15) is 0 Å². The normalized spacial score (nSPS) is 22.6. The van der Waals surface area contributed by atoms with Gasteiger partial charge in [0, 0.05) is 25.2 Å². The molecule has 0 spiro atoms. The van der Waals surface area contributed by atoms with Gasteiger partial charge in [-0.25, -0.2) is 0 Å². The van der Waals surface area contributed by atoms with Crippen LogP contribution in [-0.2, 0) is 14.2 Å². The topological polar surface area (TPSA) is 27.7 Å². The molecule has 3 rings (SSSR count). The van der Waals surface area contributed by atoms with Crippen LogP contribution >= 0.6 is 0 Å². The van der Waals surface area contributed by atoms with Gasteiger partial charge in [0.15, 0.2) is 0 Å². The van der Waals surface area contributed by atoms with Gasteiger partial charge in [0.2, 0.25) is 0 Å². The molecular formula is C28H52O3. The van der Waals surface area contributed by atoms with Gasteiger partial charge in [-0.1, -0.05) is 52.4 Å². The summed E-state index contributed by atoms with van der Waals surface area (Å²) in [7, 11) is 0. The summed E-state index contributed by atoms with van der Waals surface area (Å²) in [5, 5.41) is 0. The van der Waals surface area contributed by atoms with E-state index in [9.17, 15) is 0 Å². The molecule has 3 heteroatoms. The molecule has 0 aromatic carbocycles. The summed E-state index contributed by atoms with van der Waals surface area (Å²) >= 11 is 0. The smallest absolute Gasteiger partial charge is 0.0575 e. The number of hydrogen-bond donors (Lipinski definition) is 0. The van der Waals surface area contributed by atoms with Crippen LogP contribution in [0.1, 0.15) is 123 Å². The third-order valence-electron chi connectivity index (χ3n) is 8.79. The van der Waals surface area contributed by atoms with Gasteiger partial charge in [0.25, 0.3) is 0 Å². The minimum atomic E-state index is 0.507. The number of unbranched alkanes of at least 4 members (excludes halogenated alkanes) is 3. The first-order chi connectivity index (χ1) is 15.2. The van der Waals surface area contributed by atoms with Crippen molar-refractivity contribution in [3.05, 3.63) is 0 Å². The van der Waals surface area contributed by atoms with Crippen molar-refractivity contribution >= 4 is 0 Å². The molecule has 1 atom stereocenters. The fourth-order valence-electron chi connectivity index (χ4n) is 5.50. The monoisotopic (exact) mass is 436 g/mol. The van der Waals surface area contributed by atoms with Crippen molar-refractivity contribution in [3.8, 4) is 0 Å². The Labute approximate surface area is 193 Å². The Balaban J connectivity index is 1.16. The predicted octanol–water partition coefficient (Wildman–Crippen LogP) is 7.71. The van der Waals surface area contributed by atoms with Crippen LogP contribution in [-0.4, -0.2) is 39.1 Å². The molecule has 0 aromatic rings. The van der Waals surface area contributed by atoms with Gasteiger partial charge >= 0.3 is 0 Å². The van der Waals surface area contributed by atoms with Gasteiger partial charge in [-0.2, -0.15) is 0 Å². The van der Waals surface area contributed by atoms with Crippen molar-refractivity contribution in [3.63, 3.8) is 0 Å². The highest BCUT2D eigenvalue weighted by Gasteiger charge is 2.36. The standard InChI is InChI=1S/C28H52O3/c1-3-27(18-11-19-27)17-10-13-26(31-22-25-14-15-25)12-6-5-8-20-29-21-9-7-16-28(4-2)23-30-24-28/h25-26H,3-24H2,1-2H3. The lowest BCUT2D eigenvalue weighted by molar-refractivity contribution is -0.120. The maximum absolute atomic E-state index is 6.35. The van der Waals surface area contributed by atoms with E-state index in [1.165, 1.54) is 109 Å². The summed E-state index contributed by atoms with van der Waals surface area (Å²) in [5.41, 5.74) is 1.22. The summed E-state index contributed by atoms with van der Waals surface area (Å²) in [4.78, 5) is 0. The average molecular weight is 437 g/mol. The molecule has 1 saturated heterocycles. The van der Waals surface area contributed by atoms with Crippen LogP contribution in [0, 0.1) is 16.7 Å². The second-order valence-corrected chi connectivity index (χ2v) is 11.3. The van der Waals surface area contributed by atoms with Crippen molar-refractivity contribution in [2.24, 2.45) is 16.7 Å². The minimum Gasteiger partial charge on any atom is -0.381 e. The lowest BCUT2D eigenvalue weighted by Crippen LogP contribution is -2.41. The zero-order chi connectivity index (χ0) is 21.8. The van der Waals surface area contributed by atoms with E-state index >= 15 is 0 Å². The van der Waals surface area contributed by atoms with E-state index in [1.54, 1.807) is 0 Å². The molecule has 2 aliphatic carbocycles. The van der Waals surface area contributed by atoms with Crippen molar-refractivity contribution in [1.29, 1.82) is 0 Å². The summed E-state index contributed by atoms with van der Waals surface area (Å²) in [6.45, 7) is 9.56. The molecule has 1 heterocycles. The Morgan fingerprint density at radius 2 is 1.48 bits per heavy atom. The maximum atomic E-state index is 6.35. The largest absolute Gasteiger partial charge is 0.381 e. The molecule has 3 aliphatic rings. The van der Waals surface area contributed by atoms with Crippen LogP contribution in [0.25, 0.3) is 0 Å². The van der Waals surface area contributed by atoms with E-state index in [0.29, 0.717) is 16.9 Å². The van der Waals surface area contributed by atoms with E-state index in [0.717, 1.165) is 39.0 Å². The number of ether oxygens (including phenoxy) is 3. The highest BCUT2D eigenvalue weighted by Crippen LogP contribution is 2.47. The third kappa shape index (κ3) is 8.97. The summed E-state index contributed by atoms with van der Waals surface area (Å²) in [6, 6.07) is 0. The van der Waals surface area contributed by atoms with Crippen LogP contribution in [0.4, 0.5) is 0 Å². The first-order valence-electron chi connectivity index (χ1n) is 14.0. The molecule has 0 amide bonds. The molecule has 3 fully saturated rings. The number of hydrogen-bond acceptors (Lipinski definition) is 3. The highest BCUT2D eigenvalue weighted by molar-refractivity contribution is 4.86. The molecular weight excluding hydrogens is 384 g/mol. The van der Waals surface area contributed by atoms with Crippen molar-refractivity contribution in [1.82, 2.24) is 0 Å². The lowest BCUT2D eigenvalue weighted by Gasteiger charge is -2.41. The Hall–Kier alpha value is -0.120. The van der Waals surface area contributed by atoms with Crippen LogP contribution < -0.4 is 0 Å². The zero-order valence-corrected chi connectivity index (χ0v) is 20.9. The van der Waals surface area contributed by atoms with Crippen LogP contribution in [0.5, 0.6) is 0 Å². The fourth-order valence-corrected chi connectivity index (χ4v) is 5.50. The Morgan fingerprint density at radius 3 is 2.06 bits per heavy atom. The number of rotatable bonds is 20.